The van der Waals surface area contributed by atoms with Gasteiger partial charge in [0.05, 0.1) is 9.73 Å². The van der Waals surface area contributed by atoms with E-state index in [9.17, 15) is 8.60 Å². The molecule has 1 heterocycles. The van der Waals surface area contributed by atoms with Gasteiger partial charge in [-0.1, -0.05) is 6.07 Å². The van der Waals surface area contributed by atoms with Gasteiger partial charge in [0, 0.05) is 18.2 Å². The minimum atomic E-state index is -2.45. The molecule has 0 spiro atoms. The summed E-state index contributed by atoms with van der Waals surface area (Å²) in [6.45, 7) is 0. The van der Waals surface area contributed by atoms with Crippen molar-refractivity contribution >= 4 is 9.73 Å². The molecule has 0 aliphatic carbocycles. The second kappa shape index (κ2) is 4.84. The second-order valence-electron chi connectivity index (χ2n) is 3.09. The molecule has 0 radical (unpaired) electrons. The van der Waals surface area contributed by atoms with E-state index < -0.39 is 15.7 Å². The fourth-order valence-electron chi connectivity index (χ4n) is 0.994. The summed E-state index contributed by atoms with van der Waals surface area (Å²) in [4.78, 5) is 3.47. The summed E-state index contributed by atoms with van der Waals surface area (Å²) in [5.74, 6) is -0.272. The lowest BCUT2D eigenvalue weighted by Crippen LogP contribution is -2.06. The number of nitriles is 1. The number of nitrogens with zero attached hydrogens (tertiary/aromatic N) is 3. The van der Waals surface area contributed by atoms with Gasteiger partial charge in [-0.25, -0.2) is 9.19 Å². The Morgan fingerprint density at radius 2 is 2.40 bits per heavy atom. The van der Waals surface area contributed by atoms with Crippen LogP contribution < -0.4 is 0 Å². The molecule has 0 saturated carbocycles. The van der Waals surface area contributed by atoms with Crippen LogP contribution in [0, 0.1) is 17.4 Å². The van der Waals surface area contributed by atoms with E-state index in [4.69, 9.17) is 5.26 Å². The highest BCUT2D eigenvalue weighted by molar-refractivity contribution is 7.93. The molecular weight excluding hydrogens is 217 g/mol. The van der Waals surface area contributed by atoms with E-state index in [0.717, 1.165) is 5.56 Å². The highest BCUT2D eigenvalue weighted by Gasteiger charge is 2.02. The van der Waals surface area contributed by atoms with E-state index in [0.29, 0.717) is 6.42 Å². The zero-order valence-electron chi connectivity index (χ0n) is 8.18. The number of halogens is 1. The Labute approximate surface area is 87.9 Å². The van der Waals surface area contributed by atoms with Crippen LogP contribution in [-0.2, 0) is 16.1 Å². The third-order valence-corrected chi connectivity index (χ3v) is 3.22. The highest BCUT2D eigenvalue weighted by Crippen LogP contribution is 2.02. The quantitative estimate of drug-likeness (QED) is 0.578. The highest BCUT2D eigenvalue weighted by atomic mass is 32.2. The molecule has 6 heteroatoms. The molecular formula is C9H10FN3OS. The Morgan fingerprint density at radius 1 is 1.67 bits per heavy atom. The minimum absolute atomic E-state index is 0.272. The molecule has 80 valence electrons. The first-order valence-corrected chi connectivity index (χ1v) is 6.31. The lowest BCUT2D eigenvalue weighted by Gasteiger charge is -2.01. The summed E-state index contributed by atoms with van der Waals surface area (Å²) in [6.07, 6.45) is 4.80. The normalized spacial score (nSPS) is 13.9. The van der Waals surface area contributed by atoms with Crippen molar-refractivity contribution in [3.05, 3.63) is 29.8 Å². The van der Waals surface area contributed by atoms with Crippen LogP contribution in [0.3, 0.4) is 0 Å². The third kappa shape index (κ3) is 4.04. The van der Waals surface area contributed by atoms with Crippen LogP contribution >= 0.6 is 0 Å². The fraction of sp³-hybridized carbons (Fsp3) is 0.333. The van der Waals surface area contributed by atoms with Gasteiger partial charge in [0.25, 0.3) is 0 Å². The van der Waals surface area contributed by atoms with Gasteiger partial charge in [-0.05, 0) is 18.1 Å². The van der Waals surface area contributed by atoms with E-state index >= 15 is 0 Å². The van der Waals surface area contributed by atoms with Crippen molar-refractivity contribution in [3.8, 4) is 6.19 Å². The smallest absolute Gasteiger partial charge is 0.214 e. The lowest BCUT2D eigenvalue weighted by molar-refractivity contribution is 0.582. The van der Waals surface area contributed by atoms with E-state index in [1.807, 2.05) is 0 Å². The Hall–Kier alpha value is -1.48. The topological polar surface area (TPSA) is 66.1 Å². The van der Waals surface area contributed by atoms with Crippen LogP contribution in [0.1, 0.15) is 5.56 Å². The van der Waals surface area contributed by atoms with Crippen LogP contribution in [0.2, 0.25) is 0 Å². The number of hydrogen-bond donors (Lipinski definition) is 0. The first-order valence-electron chi connectivity index (χ1n) is 4.22. The van der Waals surface area contributed by atoms with E-state index in [-0.39, 0.29) is 5.75 Å². The molecule has 0 amide bonds. The minimum Gasteiger partial charge on any atom is -0.249 e. The van der Waals surface area contributed by atoms with Gasteiger partial charge in [-0.2, -0.15) is 9.65 Å². The maximum absolute atomic E-state index is 12.5. The van der Waals surface area contributed by atoms with Gasteiger partial charge in [-0.3, -0.25) is 0 Å². The summed E-state index contributed by atoms with van der Waals surface area (Å²) in [6, 6.07) is 2.82. The molecule has 0 fully saturated rings. The number of hydrogen-bond acceptors (Lipinski definition) is 4. The van der Waals surface area contributed by atoms with E-state index in [1.165, 1.54) is 24.7 Å². The number of rotatable bonds is 3. The Morgan fingerprint density at radius 3 is 2.93 bits per heavy atom. The standard InChI is InChI=1S/C9H10FN3OS/c1-15(14,13-7-11)5-4-8-2-3-9(10)12-6-8/h2-3,6H,4-5H2,1H3. The van der Waals surface area contributed by atoms with Crippen molar-refractivity contribution in [1.82, 2.24) is 4.98 Å². The largest absolute Gasteiger partial charge is 0.249 e. The van der Waals surface area contributed by atoms with Crippen molar-refractivity contribution < 1.29 is 8.60 Å². The molecule has 1 aromatic heterocycles. The van der Waals surface area contributed by atoms with E-state index in [2.05, 4.69) is 9.35 Å². The molecule has 0 bridgehead atoms. The summed E-state index contributed by atoms with van der Waals surface area (Å²) in [5.41, 5.74) is 0.777. The van der Waals surface area contributed by atoms with Crippen LogP contribution in [0.5, 0.6) is 0 Å². The number of pyridine rings is 1. The molecule has 1 aromatic rings. The van der Waals surface area contributed by atoms with E-state index in [1.54, 1.807) is 6.07 Å². The molecule has 1 rings (SSSR count). The molecule has 0 aromatic carbocycles. The van der Waals surface area contributed by atoms with Crippen molar-refractivity contribution in [1.29, 1.82) is 5.26 Å². The van der Waals surface area contributed by atoms with Gasteiger partial charge in [-0.15, -0.1) is 4.36 Å². The predicted octanol–water partition coefficient (Wildman–Crippen LogP) is 1.34. The summed E-state index contributed by atoms with van der Waals surface area (Å²) >= 11 is 0. The fourth-order valence-corrected chi connectivity index (χ4v) is 1.87. The Bertz CT molecular complexity index is 483. The van der Waals surface area contributed by atoms with Gasteiger partial charge in [0.1, 0.15) is 0 Å². The summed E-state index contributed by atoms with van der Waals surface area (Å²) in [5, 5.41) is 8.28. The molecule has 4 nitrogen and oxygen atoms in total. The zero-order chi connectivity index (χ0) is 11.3. The Kier molecular flexibility index (Phi) is 3.74. The molecule has 0 aliphatic rings. The first kappa shape index (κ1) is 11.6. The average molecular weight is 227 g/mol. The SMILES string of the molecule is CS(=O)(CCc1ccc(F)nc1)=NC#N. The van der Waals surface area contributed by atoms with Crippen molar-refractivity contribution in [2.45, 2.75) is 6.42 Å². The molecule has 0 N–H and O–H groups in total. The first-order chi connectivity index (χ1) is 7.03. The number of aromatic nitrogens is 1. The summed E-state index contributed by atoms with van der Waals surface area (Å²) in [7, 11) is -2.45. The monoisotopic (exact) mass is 227 g/mol. The van der Waals surface area contributed by atoms with Crippen LogP contribution in [0.4, 0.5) is 4.39 Å². The summed E-state index contributed by atoms with van der Waals surface area (Å²) < 4.78 is 27.3. The zero-order valence-corrected chi connectivity index (χ0v) is 9.00. The molecule has 0 saturated heterocycles. The average Bonchev–Trinajstić information content (AvgIpc) is 2.17. The molecule has 1 atom stereocenters. The molecule has 15 heavy (non-hydrogen) atoms. The second-order valence-corrected chi connectivity index (χ2v) is 5.60. The van der Waals surface area contributed by atoms with Crippen molar-refractivity contribution in [2.75, 3.05) is 12.0 Å². The van der Waals surface area contributed by atoms with Gasteiger partial charge in [0.2, 0.25) is 12.1 Å². The predicted molar refractivity (Wildman–Crippen MR) is 54.9 cm³/mol. The molecule has 0 aliphatic heterocycles. The van der Waals surface area contributed by atoms with Crippen LogP contribution in [-0.4, -0.2) is 21.2 Å². The number of aryl methyl sites for hydroxylation is 1. The van der Waals surface area contributed by atoms with Crippen molar-refractivity contribution in [2.24, 2.45) is 4.36 Å². The van der Waals surface area contributed by atoms with Gasteiger partial charge >= 0.3 is 0 Å². The van der Waals surface area contributed by atoms with Crippen LogP contribution in [0.25, 0.3) is 0 Å². The van der Waals surface area contributed by atoms with Crippen molar-refractivity contribution in [3.63, 3.8) is 0 Å². The lowest BCUT2D eigenvalue weighted by atomic mass is 10.2. The third-order valence-electron chi connectivity index (χ3n) is 1.79. The maximum atomic E-state index is 12.5. The van der Waals surface area contributed by atoms with Crippen LogP contribution in [0.15, 0.2) is 22.7 Å². The van der Waals surface area contributed by atoms with Gasteiger partial charge < -0.3 is 0 Å². The molecule has 1 unspecified atom stereocenters. The maximum Gasteiger partial charge on any atom is 0.214 e. The Balaban J connectivity index is 2.67. The van der Waals surface area contributed by atoms with Gasteiger partial charge in [0.15, 0.2) is 0 Å².